The molecule has 1 saturated carbocycles. The molecule has 3 rings (SSSR count). The highest BCUT2D eigenvalue weighted by atomic mass is 16.7. The lowest BCUT2D eigenvalue weighted by molar-refractivity contribution is -0.173. The van der Waals surface area contributed by atoms with Gasteiger partial charge in [0.15, 0.2) is 5.79 Å². The molecule has 0 amide bonds. The second kappa shape index (κ2) is 5.66. The van der Waals surface area contributed by atoms with Gasteiger partial charge < -0.3 is 9.47 Å². The molecule has 1 heterocycles. The van der Waals surface area contributed by atoms with E-state index in [1.165, 1.54) is 11.3 Å². The lowest BCUT2D eigenvalue weighted by Crippen LogP contribution is -2.39. The van der Waals surface area contributed by atoms with E-state index in [0.29, 0.717) is 5.92 Å². The summed E-state index contributed by atoms with van der Waals surface area (Å²) < 4.78 is 11.6. The van der Waals surface area contributed by atoms with Gasteiger partial charge >= 0.3 is 0 Å². The number of rotatable bonds is 2. The summed E-state index contributed by atoms with van der Waals surface area (Å²) in [6.07, 6.45) is 2.86. The molecular weight excluding hydrogens is 250 g/mol. The van der Waals surface area contributed by atoms with E-state index >= 15 is 0 Å². The second-order valence-corrected chi connectivity index (χ2v) is 5.92. The Bertz CT molecular complexity index is 477. The minimum absolute atomic E-state index is 0.230. The van der Waals surface area contributed by atoms with Crippen LogP contribution in [0.25, 0.3) is 0 Å². The summed E-state index contributed by atoms with van der Waals surface area (Å²) >= 11 is 0. The first-order valence-electron chi connectivity index (χ1n) is 7.58. The first kappa shape index (κ1) is 13.8. The summed E-state index contributed by atoms with van der Waals surface area (Å²) in [5, 5.41) is 0. The summed E-state index contributed by atoms with van der Waals surface area (Å²) in [6, 6.07) is 10.7. The molecule has 3 heteroatoms. The molecule has 1 spiro atoms. The average molecular weight is 273 g/mol. The number of ether oxygens (including phenoxy) is 2. The van der Waals surface area contributed by atoms with Gasteiger partial charge in [0.25, 0.3) is 0 Å². The van der Waals surface area contributed by atoms with Crippen molar-refractivity contribution in [3.8, 4) is 0 Å². The maximum atomic E-state index is 5.81. The van der Waals surface area contributed by atoms with Crippen molar-refractivity contribution in [2.24, 2.45) is 10.9 Å². The zero-order valence-corrected chi connectivity index (χ0v) is 12.3. The van der Waals surface area contributed by atoms with Crippen molar-refractivity contribution < 1.29 is 9.47 Å². The van der Waals surface area contributed by atoms with E-state index < -0.39 is 0 Å². The minimum atomic E-state index is -0.311. The fraction of sp³-hybridized carbons (Fsp3) is 0.588. The topological polar surface area (TPSA) is 30.8 Å². The first-order chi connectivity index (χ1) is 9.69. The Morgan fingerprint density at radius 3 is 2.55 bits per heavy atom. The largest absolute Gasteiger partial charge is 0.347 e. The van der Waals surface area contributed by atoms with Crippen molar-refractivity contribution >= 4 is 5.71 Å². The molecule has 2 atom stereocenters. The van der Waals surface area contributed by atoms with Crippen LogP contribution in [0.5, 0.6) is 0 Å². The third kappa shape index (κ3) is 2.79. The molecule has 0 aromatic heterocycles. The summed E-state index contributed by atoms with van der Waals surface area (Å²) in [5.74, 6) is 0.127. The van der Waals surface area contributed by atoms with Gasteiger partial charge in [-0.2, -0.15) is 0 Å². The van der Waals surface area contributed by atoms with Crippen molar-refractivity contribution in [1.29, 1.82) is 0 Å². The monoisotopic (exact) mass is 273 g/mol. The van der Waals surface area contributed by atoms with E-state index in [4.69, 9.17) is 14.5 Å². The Labute approximate surface area is 121 Å². The van der Waals surface area contributed by atoms with Crippen LogP contribution in [-0.2, 0) is 9.47 Å². The lowest BCUT2D eigenvalue weighted by atomic mass is 9.84. The number of nitrogens with zero attached hydrogens (tertiary/aromatic N) is 1. The van der Waals surface area contributed by atoms with Gasteiger partial charge in [-0.25, -0.2) is 0 Å². The van der Waals surface area contributed by atoms with Crippen molar-refractivity contribution in [3.05, 3.63) is 35.9 Å². The van der Waals surface area contributed by atoms with Crippen LogP contribution >= 0.6 is 0 Å². The van der Waals surface area contributed by atoms with Crippen molar-refractivity contribution in [1.82, 2.24) is 0 Å². The van der Waals surface area contributed by atoms with Gasteiger partial charge in [0.2, 0.25) is 0 Å². The van der Waals surface area contributed by atoms with Crippen molar-refractivity contribution in [2.45, 2.75) is 44.9 Å². The fourth-order valence-electron chi connectivity index (χ4n) is 3.26. The van der Waals surface area contributed by atoms with Gasteiger partial charge in [0.1, 0.15) is 0 Å². The fourth-order valence-corrected chi connectivity index (χ4v) is 3.26. The second-order valence-electron chi connectivity index (χ2n) is 5.92. The summed E-state index contributed by atoms with van der Waals surface area (Å²) in [7, 11) is 0. The first-order valence-corrected chi connectivity index (χ1v) is 7.58. The Hall–Kier alpha value is -1.19. The molecule has 108 valence electrons. The number of hydrogen-bond donors (Lipinski definition) is 0. The highest BCUT2D eigenvalue weighted by Crippen LogP contribution is 2.38. The van der Waals surface area contributed by atoms with E-state index in [1.807, 2.05) is 6.07 Å². The minimum Gasteiger partial charge on any atom is -0.347 e. The lowest BCUT2D eigenvalue weighted by Gasteiger charge is -2.36. The predicted octanol–water partition coefficient (Wildman–Crippen LogP) is 3.75. The van der Waals surface area contributed by atoms with E-state index in [9.17, 15) is 0 Å². The van der Waals surface area contributed by atoms with E-state index in [1.54, 1.807) is 0 Å². The number of benzene rings is 1. The molecule has 1 aromatic carbocycles. The molecule has 0 N–H and O–H groups in total. The van der Waals surface area contributed by atoms with Gasteiger partial charge in [-0.1, -0.05) is 37.3 Å². The van der Waals surface area contributed by atoms with Gasteiger partial charge in [0.05, 0.1) is 19.3 Å². The molecule has 2 aliphatic rings. The van der Waals surface area contributed by atoms with E-state index in [2.05, 4.69) is 38.1 Å². The quantitative estimate of drug-likeness (QED) is 0.821. The van der Waals surface area contributed by atoms with Crippen LogP contribution in [0, 0.1) is 5.92 Å². The Morgan fingerprint density at radius 1 is 1.20 bits per heavy atom. The molecule has 1 aromatic rings. The van der Waals surface area contributed by atoms with Gasteiger partial charge in [-0.05, 0) is 24.8 Å². The van der Waals surface area contributed by atoms with Crippen LogP contribution in [0.2, 0.25) is 0 Å². The van der Waals surface area contributed by atoms with E-state index in [0.717, 1.165) is 32.5 Å². The standard InChI is InChI=1S/C17H23NO2/c1-13-12-17(19-10-11-20-17)9-8-16(13)18-14(2)15-6-4-3-5-7-15/h3-7,13-14H,8-12H2,1-2H3/t13?,14-/m0/s1. The Morgan fingerprint density at radius 2 is 1.90 bits per heavy atom. The third-order valence-electron chi connectivity index (χ3n) is 4.40. The van der Waals surface area contributed by atoms with Crippen molar-refractivity contribution in [3.63, 3.8) is 0 Å². The maximum absolute atomic E-state index is 5.81. The SMILES string of the molecule is CC1CC2(CCC1=N[C@@H](C)c1ccccc1)OCCO2. The maximum Gasteiger partial charge on any atom is 0.169 e. The number of aliphatic imine (C=N–C) groups is 1. The predicted molar refractivity (Wildman–Crippen MR) is 79.9 cm³/mol. The summed E-state index contributed by atoms with van der Waals surface area (Å²) in [5.41, 5.74) is 2.59. The molecule has 2 fully saturated rings. The van der Waals surface area contributed by atoms with Gasteiger partial charge in [-0.3, -0.25) is 4.99 Å². The highest BCUT2D eigenvalue weighted by Gasteiger charge is 2.42. The zero-order valence-electron chi connectivity index (χ0n) is 12.3. The summed E-state index contributed by atoms with van der Waals surface area (Å²) in [6.45, 7) is 5.88. The molecule has 0 bridgehead atoms. The van der Waals surface area contributed by atoms with Crippen LogP contribution in [-0.4, -0.2) is 24.7 Å². The third-order valence-corrected chi connectivity index (χ3v) is 4.40. The van der Waals surface area contributed by atoms with Crippen LogP contribution < -0.4 is 0 Å². The Kier molecular flexibility index (Phi) is 3.90. The van der Waals surface area contributed by atoms with Crippen LogP contribution in [0.3, 0.4) is 0 Å². The molecule has 0 radical (unpaired) electrons. The summed E-state index contributed by atoms with van der Waals surface area (Å²) in [4.78, 5) is 4.95. The van der Waals surface area contributed by atoms with Crippen molar-refractivity contribution in [2.75, 3.05) is 13.2 Å². The van der Waals surface area contributed by atoms with Crippen LogP contribution in [0.4, 0.5) is 0 Å². The highest BCUT2D eigenvalue weighted by molar-refractivity contribution is 5.87. The number of hydrogen-bond acceptors (Lipinski definition) is 3. The normalized spacial score (nSPS) is 28.9. The van der Waals surface area contributed by atoms with Crippen LogP contribution in [0.1, 0.15) is 44.7 Å². The zero-order chi connectivity index (χ0) is 14.0. The molecule has 20 heavy (non-hydrogen) atoms. The molecule has 1 aliphatic heterocycles. The van der Waals surface area contributed by atoms with Gasteiger partial charge in [0, 0.05) is 18.6 Å². The molecule has 3 nitrogen and oxygen atoms in total. The average Bonchev–Trinajstić information content (AvgIpc) is 2.91. The molecule has 1 unspecified atom stereocenters. The Balaban J connectivity index is 1.70. The van der Waals surface area contributed by atoms with E-state index in [-0.39, 0.29) is 11.8 Å². The van der Waals surface area contributed by atoms with Crippen LogP contribution in [0.15, 0.2) is 35.3 Å². The molecule has 1 aliphatic carbocycles. The van der Waals surface area contributed by atoms with Gasteiger partial charge in [-0.15, -0.1) is 0 Å². The molecule has 1 saturated heterocycles. The smallest absolute Gasteiger partial charge is 0.169 e. The molecular formula is C17H23NO2.